The van der Waals surface area contributed by atoms with Gasteiger partial charge in [0.05, 0.1) is 13.2 Å². The summed E-state index contributed by atoms with van der Waals surface area (Å²) in [6.07, 6.45) is 2.43. The van der Waals surface area contributed by atoms with E-state index in [2.05, 4.69) is 41.5 Å². The molecular formula is C18H31NO2. The van der Waals surface area contributed by atoms with Crippen LogP contribution in [0.25, 0.3) is 0 Å². The van der Waals surface area contributed by atoms with Gasteiger partial charge in [-0.1, -0.05) is 27.7 Å². The number of hydrogen-bond acceptors (Lipinski definition) is 3. The molecule has 1 aliphatic heterocycles. The van der Waals surface area contributed by atoms with E-state index in [4.69, 9.17) is 15.2 Å². The Morgan fingerprint density at radius 1 is 1.00 bits per heavy atom. The molecule has 3 saturated carbocycles. The fraction of sp³-hybridized carbons (Fsp3) is 1.00. The molecule has 4 aliphatic rings. The van der Waals surface area contributed by atoms with Gasteiger partial charge >= 0.3 is 0 Å². The molecule has 0 bridgehead atoms. The summed E-state index contributed by atoms with van der Waals surface area (Å²) in [6, 6.07) is 0. The molecule has 0 aromatic rings. The van der Waals surface area contributed by atoms with Crippen LogP contribution in [0.3, 0.4) is 0 Å². The van der Waals surface area contributed by atoms with Gasteiger partial charge in [0.1, 0.15) is 0 Å². The van der Waals surface area contributed by atoms with Gasteiger partial charge in [0.15, 0.2) is 5.79 Å². The lowest BCUT2D eigenvalue weighted by Gasteiger charge is -2.61. The van der Waals surface area contributed by atoms with E-state index in [-0.39, 0.29) is 27.6 Å². The second-order valence-corrected chi connectivity index (χ2v) is 9.82. The van der Waals surface area contributed by atoms with E-state index in [1.54, 1.807) is 0 Å². The smallest absolute Gasteiger partial charge is 0.174 e. The van der Waals surface area contributed by atoms with Crippen LogP contribution in [-0.4, -0.2) is 24.5 Å². The fourth-order valence-corrected chi connectivity index (χ4v) is 7.64. The molecule has 5 unspecified atom stereocenters. The Morgan fingerprint density at radius 3 is 2.05 bits per heavy atom. The van der Waals surface area contributed by atoms with Crippen LogP contribution in [0, 0.1) is 34.0 Å². The molecule has 4 rings (SSSR count). The third-order valence-electron chi connectivity index (χ3n) is 7.43. The highest BCUT2D eigenvalue weighted by atomic mass is 16.7. The van der Waals surface area contributed by atoms with Crippen molar-refractivity contribution in [2.75, 3.05) is 13.2 Å². The Balaban J connectivity index is 1.86. The lowest BCUT2D eigenvalue weighted by Crippen LogP contribution is -2.66. The molecule has 5 atom stereocenters. The highest BCUT2D eigenvalue weighted by Crippen LogP contribution is 2.87. The summed E-state index contributed by atoms with van der Waals surface area (Å²) in [4.78, 5) is 0. The third kappa shape index (κ3) is 1.34. The van der Waals surface area contributed by atoms with Crippen LogP contribution < -0.4 is 5.73 Å². The molecule has 0 aromatic carbocycles. The maximum absolute atomic E-state index is 6.86. The van der Waals surface area contributed by atoms with Gasteiger partial charge in [-0.3, -0.25) is 0 Å². The second kappa shape index (κ2) is 3.52. The van der Waals surface area contributed by atoms with E-state index >= 15 is 0 Å². The van der Waals surface area contributed by atoms with E-state index in [0.717, 1.165) is 13.2 Å². The Labute approximate surface area is 128 Å². The van der Waals surface area contributed by atoms with E-state index in [9.17, 15) is 0 Å². The van der Waals surface area contributed by atoms with Gasteiger partial charge in [0.2, 0.25) is 0 Å². The third-order valence-corrected chi connectivity index (χ3v) is 7.43. The molecular weight excluding hydrogens is 262 g/mol. The molecule has 0 amide bonds. The summed E-state index contributed by atoms with van der Waals surface area (Å²) in [6.45, 7) is 15.7. The SMILES string of the molecule is CC(C)(C)C1(C(C)(C)N)C2CC2C2(OCCO2)C2CC21C. The minimum atomic E-state index is -0.264. The predicted octanol–water partition coefficient (Wildman–Crippen LogP) is 3.18. The van der Waals surface area contributed by atoms with Crippen LogP contribution in [0.15, 0.2) is 0 Å². The first-order chi connectivity index (χ1) is 9.52. The average molecular weight is 293 g/mol. The molecule has 21 heavy (non-hydrogen) atoms. The zero-order valence-corrected chi connectivity index (χ0v) is 14.5. The molecule has 0 radical (unpaired) electrons. The van der Waals surface area contributed by atoms with E-state index in [1.165, 1.54) is 12.8 Å². The van der Waals surface area contributed by atoms with Gasteiger partial charge in [-0.2, -0.15) is 0 Å². The molecule has 0 aromatic heterocycles. The van der Waals surface area contributed by atoms with Gasteiger partial charge in [0, 0.05) is 22.8 Å². The molecule has 1 saturated heterocycles. The monoisotopic (exact) mass is 293 g/mol. The van der Waals surface area contributed by atoms with Crippen molar-refractivity contribution >= 4 is 0 Å². The first-order valence-electron chi connectivity index (χ1n) is 8.59. The van der Waals surface area contributed by atoms with Crippen molar-refractivity contribution in [2.45, 2.75) is 65.7 Å². The summed E-state index contributed by atoms with van der Waals surface area (Å²) in [5.41, 5.74) is 7.26. The van der Waals surface area contributed by atoms with Gasteiger partial charge < -0.3 is 15.2 Å². The van der Waals surface area contributed by atoms with Crippen molar-refractivity contribution in [3.8, 4) is 0 Å². The molecule has 4 fully saturated rings. The van der Waals surface area contributed by atoms with Crippen molar-refractivity contribution in [3.05, 3.63) is 0 Å². The number of ether oxygens (including phenoxy) is 2. The molecule has 120 valence electrons. The molecule has 3 nitrogen and oxygen atoms in total. The molecule has 1 heterocycles. The summed E-state index contributed by atoms with van der Waals surface area (Å²) in [5.74, 6) is 1.46. The molecule has 1 spiro atoms. The highest BCUT2D eigenvalue weighted by molar-refractivity contribution is 5.34. The fourth-order valence-electron chi connectivity index (χ4n) is 7.64. The maximum Gasteiger partial charge on any atom is 0.174 e. The summed E-state index contributed by atoms with van der Waals surface area (Å²) >= 11 is 0. The van der Waals surface area contributed by atoms with Crippen LogP contribution in [0.5, 0.6) is 0 Å². The number of rotatable bonds is 1. The summed E-state index contributed by atoms with van der Waals surface area (Å²) in [7, 11) is 0. The van der Waals surface area contributed by atoms with Crippen molar-refractivity contribution in [1.82, 2.24) is 0 Å². The zero-order valence-electron chi connectivity index (χ0n) is 14.5. The maximum atomic E-state index is 6.86. The minimum absolute atomic E-state index is 0.156. The Hall–Kier alpha value is -0.120. The van der Waals surface area contributed by atoms with Crippen molar-refractivity contribution in [1.29, 1.82) is 0 Å². The normalized spacial score (nSPS) is 50.7. The lowest BCUT2D eigenvalue weighted by atomic mass is 9.45. The summed E-state index contributed by atoms with van der Waals surface area (Å²) in [5, 5.41) is 0. The number of nitrogens with two attached hydrogens (primary N) is 1. The van der Waals surface area contributed by atoms with Crippen LogP contribution in [0.2, 0.25) is 0 Å². The zero-order chi connectivity index (χ0) is 15.5. The standard InChI is InChI=1S/C18H31NO2/c1-14(2,3)18(15(4,5)19)12-9-11(12)17(20-7-8-21-17)13-10-16(13,18)6/h11-13H,7-10,19H2,1-6H3. The van der Waals surface area contributed by atoms with Crippen LogP contribution >= 0.6 is 0 Å². The Kier molecular flexibility index (Phi) is 2.42. The van der Waals surface area contributed by atoms with Crippen molar-refractivity contribution < 1.29 is 9.47 Å². The molecule has 3 heteroatoms. The quantitative estimate of drug-likeness (QED) is 0.807. The lowest BCUT2D eigenvalue weighted by molar-refractivity contribution is -0.240. The topological polar surface area (TPSA) is 44.5 Å². The van der Waals surface area contributed by atoms with Crippen LogP contribution in [0.1, 0.15) is 54.4 Å². The van der Waals surface area contributed by atoms with Gasteiger partial charge in [-0.25, -0.2) is 0 Å². The average Bonchev–Trinajstić information content (AvgIpc) is 3.16. The first-order valence-corrected chi connectivity index (χ1v) is 8.59. The van der Waals surface area contributed by atoms with E-state index in [0.29, 0.717) is 17.8 Å². The van der Waals surface area contributed by atoms with Gasteiger partial charge in [-0.05, 0) is 43.4 Å². The van der Waals surface area contributed by atoms with Crippen LogP contribution in [0.4, 0.5) is 0 Å². The number of fused-ring (bicyclic) bond motifs is 4. The van der Waals surface area contributed by atoms with Gasteiger partial charge in [-0.15, -0.1) is 0 Å². The van der Waals surface area contributed by atoms with Crippen molar-refractivity contribution in [2.24, 2.45) is 39.7 Å². The Bertz CT molecular complexity index is 466. The number of hydrogen-bond donors (Lipinski definition) is 1. The van der Waals surface area contributed by atoms with E-state index < -0.39 is 0 Å². The molecule has 3 aliphatic carbocycles. The van der Waals surface area contributed by atoms with Gasteiger partial charge in [0.25, 0.3) is 0 Å². The first kappa shape index (κ1) is 14.5. The van der Waals surface area contributed by atoms with E-state index in [1.807, 2.05) is 0 Å². The largest absolute Gasteiger partial charge is 0.347 e. The van der Waals surface area contributed by atoms with Crippen LogP contribution in [-0.2, 0) is 9.47 Å². The predicted molar refractivity (Wildman–Crippen MR) is 82.6 cm³/mol. The summed E-state index contributed by atoms with van der Waals surface area (Å²) < 4.78 is 12.4. The Morgan fingerprint density at radius 2 is 1.57 bits per heavy atom. The van der Waals surface area contributed by atoms with Crippen molar-refractivity contribution in [3.63, 3.8) is 0 Å². The highest BCUT2D eigenvalue weighted by Gasteiger charge is 2.88. The minimum Gasteiger partial charge on any atom is -0.347 e. The molecule has 2 N–H and O–H groups in total. The second-order valence-electron chi connectivity index (χ2n) is 9.82.